The van der Waals surface area contributed by atoms with Crippen molar-refractivity contribution in [3.63, 3.8) is 0 Å². The molecule has 4 aliphatic rings. The predicted octanol–water partition coefficient (Wildman–Crippen LogP) is 8.35. The molecule has 3 fully saturated rings. The highest BCUT2D eigenvalue weighted by Crippen LogP contribution is 2.40. The van der Waals surface area contributed by atoms with Gasteiger partial charge in [0.2, 0.25) is 5.79 Å². The Morgan fingerprint density at radius 2 is 1.46 bits per heavy atom. The topological polar surface area (TPSA) is 177 Å². The third kappa shape index (κ3) is 13.3. The molecule has 14 unspecified atom stereocenters. The lowest BCUT2D eigenvalue weighted by molar-refractivity contribution is -0.302. The van der Waals surface area contributed by atoms with Crippen LogP contribution in [0.25, 0.3) is 0 Å². The average Bonchev–Trinajstić information content (AvgIpc) is 3.34. The summed E-state index contributed by atoms with van der Waals surface area (Å²) in [6.07, 6.45) is 4.38. The van der Waals surface area contributed by atoms with Crippen LogP contribution >= 0.6 is 0 Å². The van der Waals surface area contributed by atoms with Gasteiger partial charge >= 0.3 is 5.97 Å². The second kappa shape index (κ2) is 24.6. The molecule has 0 aromatic heterocycles. The Labute approximate surface area is 409 Å². The number of hydrogen-bond donors (Lipinski definition) is 2. The Balaban J connectivity index is 1.26. The number of hydrogen-bond acceptors (Lipinski definition) is 13. The molecule has 6 rings (SSSR count). The van der Waals surface area contributed by atoms with E-state index in [1.807, 2.05) is 81.4 Å². The molecular formula is C55H77NO13. The van der Waals surface area contributed by atoms with Gasteiger partial charge in [-0.25, -0.2) is 4.79 Å². The van der Waals surface area contributed by atoms with Crippen LogP contribution < -0.4 is 9.47 Å². The number of carbonyl (C=O) groups is 4. The predicted molar refractivity (Wildman–Crippen MR) is 259 cm³/mol. The molecule has 0 spiro atoms. The monoisotopic (exact) mass is 960 g/mol. The Bertz CT molecular complexity index is 2090. The van der Waals surface area contributed by atoms with E-state index >= 15 is 0 Å². The summed E-state index contributed by atoms with van der Waals surface area (Å²) in [7, 11) is 4.74. The normalized spacial score (nSPS) is 35.0. The van der Waals surface area contributed by atoms with Crippen LogP contribution in [0, 0.1) is 29.6 Å². The maximum Gasteiger partial charge on any atom is 0.329 e. The van der Waals surface area contributed by atoms with E-state index in [4.69, 9.17) is 33.2 Å². The van der Waals surface area contributed by atoms with Crippen molar-refractivity contribution in [1.29, 1.82) is 0 Å². The highest BCUT2D eigenvalue weighted by atomic mass is 16.7. The number of cyclic esters (lactones) is 1. The Hall–Kier alpha value is -4.44. The van der Waals surface area contributed by atoms with E-state index in [0.29, 0.717) is 62.0 Å². The Kier molecular flexibility index (Phi) is 19.2. The summed E-state index contributed by atoms with van der Waals surface area (Å²) in [5, 5.41) is 24.0. The zero-order valence-electron chi connectivity index (χ0n) is 42.2. The SMILES string of the molecule is CCC1C=C(C)CC(C)CC(OC)C2OC(O)(C(=O)C(=O)N3CCCCC3C(=O)OC(C(C)=CC3CCC(Oc4ccc(Oc5ccccc5)cc4)C(OC)C3)C(C)C(O)CC1=O)C(C)CC2OC. The third-order valence-corrected chi connectivity index (χ3v) is 15.0. The van der Waals surface area contributed by atoms with Crippen LogP contribution in [0.1, 0.15) is 112 Å². The van der Waals surface area contributed by atoms with E-state index in [0.717, 1.165) is 17.7 Å². The van der Waals surface area contributed by atoms with Crippen molar-refractivity contribution in [2.75, 3.05) is 27.9 Å². The minimum absolute atomic E-state index is 0.00548. The number of amides is 1. The first-order chi connectivity index (χ1) is 33.0. The number of piperidine rings is 1. The highest BCUT2D eigenvalue weighted by Gasteiger charge is 2.56. The summed E-state index contributed by atoms with van der Waals surface area (Å²) in [4.78, 5) is 58.6. The summed E-state index contributed by atoms with van der Waals surface area (Å²) in [5.74, 6) is -5.45. The number of para-hydroxylation sites is 1. The number of carbonyl (C=O) groups excluding carboxylic acids is 4. The maximum absolute atomic E-state index is 14.6. The molecule has 0 radical (unpaired) electrons. The lowest BCUT2D eigenvalue weighted by Gasteiger charge is -2.47. The van der Waals surface area contributed by atoms with Gasteiger partial charge in [0, 0.05) is 52.0 Å². The molecule has 14 nitrogen and oxygen atoms in total. The largest absolute Gasteiger partial charge is 0.488 e. The van der Waals surface area contributed by atoms with Crippen LogP contribution in [0.2, 0.25) is 0 Å². The number of Topliss-reactive ketones (excluding diaryl/α,β-unsaturated/α-hetero) is 2. The van der Waals surface area contributed by atoms with Crippen molar-refractivity contribution in [3.8, 4) is 17.2 Å². The molecule has 3 aliphatic heterocycles. The molecule has 2 aromatic rings. The van der Waals surface area contributed by atoms with Crippen LogP contribution in [0.5, 0.6) is 17.2 Å². The summed E-state index contributed by atoms with van der Waals surface area (Å²) in [6, 6.07) is 15.9. The molecule has 1 amide bonds. The van der Waals surface area contributed by atoms with Crippen molar-refractivity contribution in [1.82, 2.24) is 4.90 Å². The van der Waals surface area contributed by atoms with Crippen molar-refractivity contribution in [2.45, 2.75) is 167 Å². The quantitative estimate of drug-likeness (QED) is 0.132. The van der Waals surface area contributed by atoms with Crippen LogP contribution in [0.3, 0.4) is 0 Å². The molecule has 2 saturated heterocycles. The maximum atomic E-state index is 14.6. The minimum Gasteiger partial charge on any atom is -0.488 e. The van der Waals surface area contributed by atoms with Gasteiger partial charge < -0.3 is 48.3 Å². The van der Waals surface area contributed by atoms with Crippen LogP contribution in [-0.2, 0) is 42.9 Å². The van der Waals surface area contributed by atoms with Gasteiger partial charge in [0.15, 0.2) is 0 Å². The first-order valence-corrected chi connectivity index (χ1v) is 25.1. The smallest absolute Gasteiger partial charge is 0.329 e. The molecule has 3 heterocycles. The van der Waals surface area contributed by atoms with Crippen molar-refractivity contribution in [2.24, 2.45) is 29.6 Å². The highest BCUT2D eigenvalue weighted by molar-refractivity contribution is 6.39. The Morgan fingerprint density at radius 1 is 0.812 bits per heavy atom. The molecule has 14 atom stereocenters. The lowest BCUT2D eigenvalue weighted by Crippen LogP contribution is -2.64. The van der Waals surface area contributed by atoms with Gasteiger partial charge in [-0.3, -0.25) is 14.4 Å². The third-order valence-electron chi connectivity index (χ3n) is 15.0. The first-order valence-electron chi connectivity index (χ1n) is 25.1. The molecule has 2 bridgehead atoms. The summed E-state index contributed by atoms with van der Waals surface area (Å²) in [5.41, 5.74) is 1.67. The minimum atomic E-state index is -2.52. The number of allylic oxidation sites excluding steroid dienone is 3. The van der Waals surface area contributed by atoms with Gasteiger partial charge in [-0.15, -0.1) is 0 Å². The number of methoxy groups -OCH3 is 3. The van der Waals surface area contributed by atoms with Crippen LogP contribution in [-0.4, -0.2) is 121 Å². The van der Waals surface area contributed by atoms with E-state index < -0.39 is 77.8 Å². The van der Waals surface area contributed by atoms with Crippen LogP contribution in [0.4, 0.5) is 0 Å². The number of ether oxygens (including phenoxy) is 7. The van der Waals surface area contributed by atoms with Gasteiger partial charge in [-0.2, -0.15) is 0 Å². The lowest BCUT2D eigenvalue weighted by atomic mass is 9.81. The zero-order valence-corrected chi connectivity index (χ0v) is 42.2. The number of benzene rings is 2. The number of aliphatic hydroxyl groups is 2. The Morgan fingerprint density at radius 3 is 2.13 bits per heavy atom. The van der Waals surface area contributed by atoms with Gasteiger partial charge in [0.25, 0.3) is 11.7 Å². The van der Waals surface area contributed by atoms with Gasteiger partial charge in [0.1, 0.15) is 47.4 Å². The fourth-order valence-corrected chi connectivity index (χ4v) is 10.9. The number of rotatable bonds is 10. The number of esters is 1. The van der Waals surface area contributed by atoms with Crippen molar-refractivity contribution < 1.29 is 62.5 Å². The van der Waals surface area contributed by atoms with Gasteiger partial charge in [-0.1, -0.05) is 63.6 Å². The fourth-order valence-electron chi connectivity index (χ4n) is 10.9. The molecule has 14 heteroatoms. The number of aliphatic hydroxyl groups excluding tert-OH is 1. The number of fused-ring (bicyclic) bond motifs is 3. The second-order valence-electron chi connectivity index (χ2n) is 20.1. The fraction of sp³-hybridized carbons (Fsp3) is 0.636. The van der Waals surface area contributed by atoms with E-state index in [9.17, 15) is 29.4 Å². The molecule has 2 aromatic carbocycles. The van der Waals surface area contributed by atoms with Crippen LogP contribution in [0.15, 0.2) is 77.9 Å². The van der Waals surface area contributed by atoms with E-state index in [1.165, 1.54) is 19.1 Å². The summed E-state index contributed by atoms with van der Waals surface area (Å²) < 4.78 is 42.9. The summed E-state index contributed by atoms with van der Waals surface area (Å²) in [6.45, 7) is 11.3. The zero-order chi connectivity index (χ0) is 50.0. The summed E-state index contributed by atoms with van der Waals surface area (Å²) >= 11 is 0. The molecule has 1 aliphatic carbocycles. The molecular weight excluding hydrogens is 883 g/mol. The number of ketones is 2. The second-order valence-corrected chi connectivity index (χ2v) is 20.1. The molecule has 69 heavy (non-hydrogen) atoms. The molecule has 1 saturated carbocycles. The average molecular weight is 960 g/mol. The van der Waals surface area contributed by atoms with Gasteiger partial charge in [-0.05, 0) is 132 Å². The first kappa shape index (κ1) is 53.9. The van der Waals surface area contributed by atoms with E-state index in [-0.39, 0.29) is 55.6 Å². The van der Waals surface area contributed by atoms with Gasteiger partial charge in [0.05, 0.1) is 24.4 Å². The van der Waals surface area contributed by atoms with E-state index in [1.54, 1.807) is 21.0 Å². The number of nitrogens with zero attached hydrogens (tertiary/aromatic N) is 1. The van der Waals surface area contributed by atoms with Crippen molar-refractivity contribution >= 4 is 23.4 Å². The molecule has 380 valence electrons. The van der Waals surface area contributed by atoms with Crippen molar-refractivity contribution in [3.05, 3.63) is 77.9 Å². The standard InChI is InChI=1S/C55H77NO13/c1-10-39-27-33(2)26-34(3)28-48(64-8)51-49(65-9)30-36(5)55(62,69-51)52(59)53(60)56-25-15-14-18-43(56)54(61)68-50(37(6)44(57)32-45(39)58)35(4)29-38-19-24-46(47(31-38)63-7)67-42-22-20-41(21-23-42)66-40-16-12-11-13-17-40/h11-13,16-17,20-23,27,29,34,36-39,43-44,46-51,57,62H,10,14-15,18-19,24-26,28,30-32H2,1-9H3. The van der Waals surface area contributed by atoms with E-state index in [2.05, 4.69) is 13.0 Å². The molecule has 2 N–H and O–H groups in total.